The van der Waals surface area contributed by atoms with E-state index in [0.29, 0.717) is 18.1 Å². The summed E-state index contributed by atoms with van der Waals surface area (Å²) < 4.78 is 0. The van der Waals surface area contributed by atoms with Crippen molar-refractivity contribution in [3.8, 4) is 0 Å². The van der Waals surface area contributed by atoms with Crippen molar-refractivity contribution in [2.75, 3.05) is 4.90 Å². The zero-order valence-electron chi connectivity index (χ0n) is 21.2. The van der Waals surface area contributed by atoms with Crippen LogP contribution in [0.25, 0.3) is 0 Å². The van der Waals surface area contributed by atoms with Gasteiger partial charge in [0.05, 0.1) is 17.1 Å². The van der Waals surface area contributed by atoms with Gasteiger partial charge in [-0.25, -0.2) is 0 Å². The number of benzene rings is 2. The molecule has 2 bridgehead atoms. The molecule has 0 radical (unpaired) electrons. The van der Waals surface area contributed by atoms with E-state index in [9.17, 15) is 0 Å². The number of para-hydroxylation sites is 1. The molecule has 0 amide bonds. The molecule has 0 spiro atoms. The number of rotatable bonds is 6. The number of piperidine rings is 1. The van der Waals surface area contributed by atoms with Crippen molar-refractivity contribution in [2.45, 2.75) is 86.8 Å². The summed E-state index contributed by atoms with van der Waals surface area (Å²) >= 11 is 1.84. The predicted molar refractivity (Wildman–Crippen MR) is 149 cm³/mol. The maximum atomic E-state index is 8.28. The zero-order chi connectivity index (χ0) is 24.8. The lowest BCUT2D eigenvalue weighted by Crippen LogP contribution is -2.49. The summed E-state index contributed by atoms with van der Waals surface area (Å²) in [5.74, 6) is 0.177. The van der Waals surface area contributed by atoms with Crippen LogP contribution in [0.1, 0.15) is 61.9 Å². The fourth-order valence-corrected chi connectivity index (χ4v) is 8.01. The standard InChI is InChI=1S/C30H35N5S/c1-3-23-24(4-2)29-28(17-25(23)30(31)32)36-27-11-6-5-10-26(27)35(29)22-15-20-12-13-21(16-22)34(20)18-19-9-7-8-14-33-19/h5-11,14,17,20-22H,3-4,12-13,15-16,18H2,1-2H3,(H3,31,32). The van der Waals surface area contributed by atoms with Gasteiger partial charge in [0.1, 0.15) is 5.84 Å². The van der Waals surface area contributed by atoms with E-state index < -0.39 is 0 Å². The minimum Gasteiger partial charge on any atom is -0.384 e. The highest BCUT2D eigenvalue weighted by atomic mass is 32.2. The van der Waals surface area contributed by atoms with E-state index in [-0.39, 0.29) is 5.84 Å². The lowest BCUT2D eigenvalue weighted by molar-refractivity contribution is 0.118. The minimum absolute atomic E-state index is 0.177. The van der Waals surface area contributed by atoms with E-state index in [2.05, 4.69) is 71.1 Å². The molecule has 6 heteroatoms. The van der Waals surface area contributed by atoms with Crippen LogP contribution < -0.4 is 10.6 Å². The number of amidine groups is 1. The van der Waals surface area contributed by atoms with Crippen molar-refractivity contribution in [1.82, 2.24) is 9.88 Å². The molecule has 3 aliphatic heterocycles. The van der Waals surface area contributed by atoms with Crippen molar-refractivity contribution < 1.29 is 0 Å². The van der Waals surface area contributed by atoms with Crippen LogP contribution in [0.4, 0.5) is 11.4 Å². The molecule has 186 valence electrons. The second kappa shape index (κ2) is 9.56. The van der Waals surface area contributed by atoms with E-state index in [1.165, 1.54) is 63.7 Å². The molecule has 1 aromatic heterocycles. The molecule has 3 N–H and O–H groups in total. The molecule has 5 nitrogen and oxygen atoms in total. The number of hydrogen-bond donors (Lipinski definition) is 2. The Hall–Kier alpha value is -2.83. The largest absolute Gasteiger partial charge is 0.384 e. The van der Waals surface area contributed by atoms with Gasteiger partial charge < -0.3 is 10.6 Å². The number of nitrogens with one attached hydrogen (secondary N) is 1. The van der Waals surface area contributed by atoms with E-state index in [1.54, 1.807) is 0 Å². The molecule has 6 rings (SSSR count). The molecule has 2 aromatic carbocycles. The number of nitrogens with zero attached hydrogens (tertiary/aromatic N) is 3. The van der Waals surface area contributed by atoms with Gasteiger partial charge in [-0.3, -0.25) is 15.3 Å². The summed E-state index contributed by atoms with van der Waals surface area (Å²) in [6.07, 6.45) is 8.62. The average molecular weight is 498 g/mol. The second-order valence-corrected chi connectivity index (χ2v) is 11.4. The van der Waals surface area contributed by atoms with Crippen LogP contribution in [0.2, 0.25) is 0 Å². The number of nitrogens with two attached hydrogens (primary N) is 1. The lowest BCUT2D eigenvalue weighted by Gasteiger charge is -2.47. The first-order chi connectivity index (χ1) is 17.6. The molecule has 4 heterocycles. The topological polar surface area (TPSA) is 69.2 Å². The molecule has 2 atom stereocenters. The third kappa shape index (κ3) is 3.91. The van der Waals surface area contributed by atoms with Gasteiger partial charge >= 0.3 is 0 Å². The maximum Gasteiger partial charge on any atom is 0.123 e. The van der Waals surface area contributed by atoms with Crippen molar-refractivity contribution >= 4 is 29.0 Å². The summed E-state index contributed by atoms with van der Waals surface area (Å²) in [7, 11) is 0. The van der Waals surface area contributed by atoms with E-state index in [0.717, 1.165) is 24.9 Å². The lowest BCUT2D eigenvalue weighted by atomic mass is 9.90. The Labute approximate surface area is 218 Å². The van der Waals surface area contributed by atoms with Crippen LogP contribution in [-0.4, -0.2) is 33.8 Å². The average Bonchev–Trinajstić information content (AvgIpc) is 3.12. The van der Waals surface area contributed by atoms with Gasteiger partial charge in [-0.05, 0) is 80.0 Å². The minimum atomic E-state index is 0.177. The number of fused-ring (bicyclic) bond motifs is 4. The number of pyridine rings is 1. The fraction of sp³-hybridized carbons (Fsp3) is 0.400. The highest BCUT2D eigenvalue weighted by molar-refractivity contribution is 7.99. The van der Waals surface area contributed by atoms with Gasteiger partial charge in [0.2, 0.25) is 0 Å². The Balaban J connectivity index is 1.41. The SMILES string of the molecule is CCc1c(C(=N)N)cc2c(c1CC)N(C1CC3CCC(C1)N3Cc1ccccn1)c1ccccc1S2. The number of hydrogen-bond acceptors (Lipinski definition) is 5. The summed E-state index contributed by atoms with van der Waals surface area (Å²) in [6, 6.07) is 19.0. The summed E-state index contributed by atoms with van der Waals surface area (Å²) in [4.78, 5) is 12.6. The van der Waals surface area contributed by atoms with Gasteiger partial charge in [-0.2, -0.15) is 0 Å². The van der Waals surface area contributed by atoms with Crippen LogP contribution in [0.5, 0.6) is 0 Å². The van der Waals surface area contributed by atoms with E-state index in [1.807, 2.05) is 24.0 Å². The summed E-state index contributed by atoms with van der Waals surface area (Å²) in [5.41, 5.74) is 13.5. The Morgan fingerprint density at radius 3 is 2.36 bits per heavy atom. The molecule has 2 fully saturated rings. The van der Waals surface area contributed by atoms with Crippen molar-refractivity contribution in [3.05, 3.63) is 77.1 Å². The first-order valence-corrected chi connectivity index (χ1v) is 14.2. The van der Waals surface area contributed by atoms with Crippen LogP contribution >= 0.6 is 11.8 Å². The molecular formula is C30H35N5S. The summed E-state index contributed by atoms with van der Waals surface area (Å²) in [6.45, 7) is 5.40. The second-order valence-electron chi connectivity index (χ2n) is 10.3. The van der Waals surface area contributed by atoms with Gasteiger partial charge in [0, 0.05) is 46.2 Å². The molecule has 2 unspecified atom stereocenters. The Kier molecular flexibility index (Phi) is 6.26. The Morgan fingerprint density at radius 1 is 0.972 bits per heavy atom. The van der Waals surface area contributed by atoms with Crippen molar-refractivity contribution in [3.63, 3.8) is 0 Å². The van der Waals surface area contributed by atoms with Gasteiger partial charge in [0.25, 0.3) is 0 Å². The molecule has 3 aliphatic rings. The molecule has 36 heavy (non-hydrogen) atoms. The van der Waals surface area contributed by atoms with Crippen molar-refractivity contribution in [1.29, 1.82) is 5.41 Å². The first kappa shape index (κ1) is 23.6. The van der Waals surface area contributed by atoms with Crippen LogP contribution in [0, 0.1) is 5.41 Å². The third-order valence-corrected chi connectivity index (χ3v) is 9.46. The molecular weight excluding hydrogens is 462 g/mol. The molecule has 0 aliphatic carbocycles. The van der Waals surface area contributed by atoms with E-state index >= 15 is 0 Å². The van der Waals surface area contributed by atoms with Crippen molar-refractivity contribution in [2.24, 2.45) is 5.73 Å². The Morgan fingerprint density at radius 2 is 1.69 bits per heavy atom. The first-order valence-electron chi connectivity index (χ1n) is 13.3. The monoisotopic (exact) mass is 497 g/mol. The Bertz CT molecular complexity index is 1280. The number of aromatic nitrogens is 1. The normalized spacial score (nSPS) is 22.8. The van der Waals surface area contributed by atoms with Gasteiger partial charge in [0.15, 0.2) is 0 Å². The van der Waals surface area contributed by atoms with Gasteiger partial charge in [-0.1, -0.05) is 43.8 Å². The molecule has 3 aromatic rings. The fourth-order valence-electron chi connectivity index (χ4n) is 6.86. The highest BCUT2D eigenvalue weighted by Gasteiger charge is 2.44. The number of anilines is 2. The van der Waals surface area contributed by atoms with Crippen LogP contribution in [-0.2, 0) is 19.4 Å². The van der Waals surface area contributed by atoms with Crippen LogP contribution in [0.3, 0.4) is 0 Å². The maximum absolute atomic E-state index is 8.28. The number of nitrogen functional groups attached to an aromatic ring is 1. The predicted octanol–water partition coefficient (Wildman–Crippen LogP) is 6.29. The van der Waals surface area contributed by atoms with E-state index in [4.69, 9.17) is 11.1 Å². The molecule has 0 saturated carbocycles. The quantitative estimate of drug-likeness (QED) is 0.309. The third-order valence-electron chi connectivity index (χ3n) is 8.36. The molecule has 2 saturated heterocycles. The zero-order valence-corrected chi connectivity index (χ0v) is 22.0. The smallest absolute Gasteiger partial charge is 0.123 e. The summed E-state index contributed by atoms with van der Waals surface area (Å²) in [5, 5.41) is 8.28. The highest BCUT2D eigenvalue weighted by Crippen LogP contribution is 2.54. The van der Waals surface area contributed by atoms with Gasteiger partial charge in [-0.15, -0.1) is 0 Å². The van der Waals surface area contributed by atoms with Crippen LogP contribution in [0.15, 0.2) is 64.5 Å².